The third kappa shape index (κ3) is 5.85. The van der Waals surface area contributed by atoms with Gasteiger partial charge in [-0.05, 0) is 37.1 Å². The minimum atomic E-state index is -1.29. The van der Waals surface area contributed by atoms with Crippen LogP contribution in [0.3, 0.4) is 0 Å². The van der Waals surface area contributed by atoms with Gasteiger partial charge in [-0.25, -0.2) is 13.6 Å². The molecule has 1 aromatic heterocycles. The van der Waals surface area contributed by atoms with E-state index in [1.807, 2.05) is 21.6 Å². The van der Waals surface area contributed by atoms with Crippen molar-refractivity contribution in [3.63, 3.8) is 0 Å². The van der Waals surface area contributed by atoms with Crippen LogP contribution in [0.5, 0.6) is 0 Å². The highest BCUT2D eigenvalue weighted by Crippen LogP contribution is 2.38. The fourth-order valence-corrected chi connectivity index (χ4v) is 5.91. The number of para-hydroxylation sites is 1. The highest BCUT2D eigenvalue weighted by atomic mass is 19.1. The second kappa shape index (κ2) is 11.6. The Hall–Kier alpha value is -3.76. The summed E-state index contributed by atoms with van der Waals surface area (Å²) < 4.78 is 31.2. The summed E-state index contributed by atoms with van der Waals surface area (Å²) in [6.45, 7) is 7.97. The van der Waals surface area contributed by atoms with Gasteiger partial charge in [0.2, 0.25) is 5.43 Å². The van der Waals surface area contributed by atoms with Crippen molar-refractivity contribution in [3.05, 3.63) is 82.2 Å². The van der Waals surface area contributed by atoms with Crippen molar-refractivity contribution in [2.24, 2.45) is 0 Å². The van der Waals surface area contributed by atoms with Crippen LogP contribution in [-0.4, -0.2) is 90.9 Å². The normalized spacial score (nSPS) is 19.0. The first-order chi connectivity index (χ1) is 19.9. The molecule has 2 aromatic carbocycles. The van der Waals surface area contributed by atoms with E-state index in [9.17, 15) is 19.1 Å². The number of piperazine rings is 2. The average molecular weight is 564 g/mol. The van der Waals surface area contributed by atoms with Gasteiger partial charge in [-0.1, -0.05) is 24.3 Å². The van der Waals surface area contributed by atoms with E-state index in [-0.39, 0.29) is 22.8 Å². The quantitative estimate of drug-likeness (QED) is 0.418. The number of hydrogen-bond donors (Lipinski definition) is 1. The van der Waals surface area contributed by atoms with Gasteiger partial charge in [-0.15, -0.1) is 0 Å². The maximum absolute atomic E-state index is 15.2. The van der Waals surface area contributed by atoms with Gasteiger partial charge in [-0.2, -0.15) is 0 Å². The van der Waals surface area contributed by atoms with E-state index < -0.39 is 17.2 Å². The fraction of sp³-hybridized carbons (Fsp3) is 0.419. The number of fused-ring (bicyclic) bond motifs is 1. The molecule has 3 aliphatic rings. The summed E-state index contributed by atoms with van der Waals surface area (Å²) in [5.41, 5.74) is 0.773. The first-order valence-corrected chi connectivity index (χ1v) is 14.3. The standard InChI is InChI=1S/C31H35F2N5O3/c32-25-5-1-2-6-27(25)36-15-11-34(12-16-36)9-3-4-10-35-13-17-37(18-14-35)29-20-28-23(19-26(29)33)30(39)24(31(40)41)21-38(28)22-7-8-22/h1-6,19-22H,7-18H2,(H,40,41)/b4-3+. The SMILES string of the molecule is O=C(O)c1cn(C2CC2)c2cc(N3CCN(C/C=C/CN4CCN(c5ccccc5F)CC4)CC3)c(F)cc2c1=O. The van der Waals surface area contributed by atoms with Gasteiger partial charge in [0.15, 0.2) is 0 Å². The summed E-state index contributed by atoms with van der Waals surface area (Å²) in [6.07, 6.45) is 7.62. The van der Waals surface area contributed by atoms with E-state index in [4.69, 9.17) is 0 Å². The molecule has 3 aromatic rings. The number of halogens is 2. The summed E-state index contributed by atoms with van der Waals surface area (Å²) in [6, 6.07) is 10.0. The highest BCUT2D eigenvalue weighted by Gasteiger charge is 2.28. The molecule has 1 saturated carbocycles. The van der Waals surface area contributed by atoms with Crippen molar-refractivity contribution in [2.75, 3.05) is 75.2 Å². The molecule has 0 amide bonds. The van der Waals surface area contributed by atoms with Crippen LogP contribution < -0.4 is 15.2 Å². The Kier molecular flexibility index (Phi) is 7.77. The summed E-state index contributed by atoms with van der Waals surface area (Å²) in [5, 5.41) is 9.59. The van der Waals surface area contributed by atoms with Crippen molar-refractivity contribution >= 4 is 28.2 Å². The van der Waals surface area contributed by atoms with Gasteiger partial charge < -0.3 is 19.5 Å². The number of nitrogens with zero attached hydrogens (tertiary/aromatic N) is 5. The number of carboxylic acid groups (broad SMARTS) is 1. The lowest BCUT2D eigenvalue weighted by molar-refractivity contribution is 0.0695. The Morgan fingerprint density at radius 3 is 1.98 bits per heavy atom. The molecule has 216 valence electrons. The number of pyridine rings is 1. The van der Waals surface area contributed by atoms with Gasteiger partial charge in [0.1, 0.15) is 17.2 Å². The Bertz CT molecular complexity index is 1520. The number of benzene rings is 2. The largest absolute Gasteiger partial charge is 0.477 e. The fourth-order valence-electron chi connectivity index (χ4n) is 5.91. The Morgan fingerprint density at radius 1 is 0.829 bits per heavy atom. The lowest BCUT2D eigenvalue weighted by atomic mass is 10.1. The molecular weight excluding hydrogens is 528 g/mol. The summed E-state index contributed by atoms with van der Waals surface area (Å²) in [4.78, 5) is 33.2. The summed E-state index contributed by atoms with van der Waals surface area (Å²) >= 11 is 0. The molecule has 0 bridgehead atoms. The molecule has 1 aliphatic carbocycles. The van der Waals surface area contributed by atoms with Crippen LogP contribution in [0.2, 0.25) is 0 Å². The Morgan fingerprint density at radius 2 is 1.41 bits per heavy atom. The van der Waals surface area contributed by atoms with Crippen LogP contribution in [0.25, 0.3) is 10.9 Å². The molecule has 0 radical (unpaired) electrons. The van der Waals surface area contributed by atoms with Crippen molar-refractivity contribution in [3.8, 4) is 0 Å². The lowest BCUT2D eigenvalue weighted by Gasteiger charge is -2.36. The number of carbonyl (C=O) groups is 1. The number of anilines is 2. The Balaban J connectivity index is 1.02. The third-order valence-electron chi connectivity index (χ3n) is 8.44. The first kappa shape index (κ1) is 27.4. The molecule has 0 atom stereocenters. The molecule has 6 rings (SSSR count). The van der Waals surface area contributed by atoms with E-state index in [1.54, 1.807) is 12.1 Å². The van der Waals surface area contributed by atoms with Gasteiger partial charge in [0, 0.05) is 83.1 Å². The predicted molar refractivity (Wildman–Crippen MR) is 156 cm³/mol. The second-order valence-electron chi connectivity index (χ2n) is 11.1. The summed E-state index contributed by atoms with van der Waals surface area (Å²) in [7, 11) is 0. The van der Waals surface area contributed by atoms with Crippen molar-refractivity contribution in [1.29, 1.82) is 0 Å². The first-order valence-electron chi connectivity index (χ1n) is 14.3. The minimum absolute atomic E-state index is 0.121. The van der Waals surface area contributed by atoms with Gasteiger partial charge in [0.05, 0.1) is 16.9 Å². The molecule has 0 unspecified atom stereocenters. The maximum Gasteiger partial charge on any atom is 0.341 e. The van der Waals surface area contributed by atoms with Crippen molar-refractivity contribution < 1.29 is 18.7 Å². The maximum atomic E-state index is 15.2. The zero-order chi connectivity index (χ0) is 28.5. The van der Waals surface area contributed by atoms with E-state index in [1.165, 1.54) is 18.3 Å². The number of aromatic carboxylic acids is 1. The van der Waals surface area contributed by atoms with Gasteiger partial charge in [-0.3, -0.25) is 14.6 Å². The molecule has 41 heavy (non-hydrogen) atoms. The average Bonchev–Trinajstić information content (AvgIpc) is 3.82. The minimum Gasteiger partial charge on any atom is -0.477 e. The predicted octanol–water partition coefficient (Wildman–Crippen LogP) is 3.81. The molecule has 10 heteroatoms. The molecule has 1 N–H and O–H groups in total. The van der Waals surface area contributed by atoms with E-state index in [0.717, 1.165) is 65.2 Å². The van der Waals surface area contributed by atoms with Gasteiger partial charge in [0.25, 0.3) is 0 Å². The van der Waals surface area contributed by atoms with E-state index in [2.05, 4.69) is 26.9 Å². The monoisotopic (exact) mass is 563 g/mol. The molecule has 8 nitrogen and oxygen atoms in total. The molecule has 2 saturated heterocycles. The third-order valence-corrected chi connectivity index (χ3v) is 8.44. The number of hydrogen-bond acceptors (Lipinski definition) is 6. The highest BCUT2D eigenvalue weighted by molar-refractivity contribution is 5.93. The molecule has 3 fully saturated rings. The van der Waals surface area contributed by atoms with Crippen LogP contribution in [0.4, 0.5) is 20.2 Å². The van der Waals surface area contributed by atoms with Crippen molar-refractivity contribution in [2.45, 2.75) is 18.9 Å². The second-order valence-corrected chi connectivity index (χ2v) is 11.1. The van der Waals surface area contributed by atoms with Crippen LogP contribution in [0.1, 0.15) is 29.2 Å². The van der Waals surface area contributed by atoms with Crippen LogP contribution in [-0.2, 0) is 0 Å². The molecule has 0 spiro atoms. The molecule has 2 aliphatic heterocycles. The van der Waals surface area contributed by atoms with Crippen LogP contribution in [0.15, 0.2) is 59.5 Å². The molecule has 3 heterocycles. The lowest BCUT2D eigenvalue weighted by Crippen LogP contribution is -2.47. The topological polar surface area (TPSA) is 72.3 Å². The zero-order valence-corrected chi connectivity index (χ0v) is 23.0. The van der Waals surface area contributed by atoms with Gasteiger partial charge >= 0.3 is 5.97 Å². The molecular formula is C31H35F2N5O3. The van der Waals surface area contributed by atoms with Crippen LogP contribution >= 0.6 is 0 Å². The van der Waals surface area contributed by atoms with Crippen LogP contribution in [0, 0.1) is 11.6 Å². The number of carboxylic acids is 1. The van der Waals surface area contributed by atoms with E-state index in [0.29, 0.717) is 30.0 Å². The summed E-state index contributed by atoms with van der Waals surface area (Å²) in [5.74, 6) is -1.96. The van der Waals surface area contributed by atoms with Crippen molar-refractivity contribution in [1.82, 2.24) is 14.4 Å². The number of aromatic nitrogens is 1. The smallest absolute Gasteiger partial charge is 0.341 e. The zero-order valence-electron chi connectivity index (χ0n) is 23.0. The number of rotatable bonds is 8. The van der Waals surface area contributed by atoms with E-state index >= 15 is 4.39 Å². The Labute approximate surface area is 237 Å².